The zero-order valence-corrected chi connectivity index (χ0v) is 8.21. The van der Waals surface area contributed by atoms with Crippen LogP contribution in [0.3, 0.4) is 0 Å². The minimum absolute atomic E-state index is 0.188. The second-order valence-corrected chi connectivity index (χ2v) is 2.90. The summed E-state index contributed by atoms with van der Waals surface area (Å²) < 4.78 is 5.01. The van der Waals surface area contributed by atoms with Crippen LogP contribution in [0.25, 0.3) is 11.3 Å². The number of aromatic nitrogens is 3. The molecule has 0 atom stereocenters. The molecule has 0 bridgehead atoms. The lowest BCUT2D eigenvalue weighted by atomic mass is 10.2. The Labute approximate surface area is 87.0 Å². The molecule has 0 aliphatic heterocycles. The van der Waals surface area contributed by atoms with E-state index in [-0.39, 0.29) is 5.95 Å². The Balaban J connectivity index is 2.49. The summed E-state index contributed by atoms with van der Waals surface area (Å²) in [5.41, 5.74) is 7.13. The Morgan fingerprint density at radius 1 is 1.33 bits per heavy atom. The van der Waals surface area contributed by atoms with Gasteiger partial charge in [-0.3, -0.25) is 4.98 Å². The van der Waals surface area contributed by atoms with Crippen LogP contribution in [0.1, 0.15) is 0 Å². The van der Waals surface area contributed by atoms with E-state index in [4.69, 9.17) is 10.5 Å². The predicted octanol–water partition coefficient (Wildman–Crippen LogP) is 1.13. The van der Waals surface area contributed by atoms with E-state index < -0.39 is 0 Å². The van der Waals surface area contributed by atoms with Gasteiger partial charge in [0.25, 0.3) is 0 Å². The quantitative estimate of drug-likeness (QED) is 0.790. The second kappa shape index (κ2) is 3.91. The predicted molar refractivity (Wildman–Crippen MR) is 56.2 cm³/mol. The number of nitrogens with zero attached hydrogens (tertiary/aromatic N) is 3. The van der Waals surface area contributed by atoms with Crippen molar-refractivity contribution in [1.29, 1.82) is 0 Å². The molecule has 0 saturated heterocycles. The van der Waals surface area contributed by atoms with Crippen molar-refractivity contribution in [3.8, 4) is 17.1 Å². The number of hydrogen-bond donors (Lipinski definition) is 1. The first-order valence-electron chi connectivity index (χ1n) is 4.38. The molecule has 0 aromatic carbocycles. The third kappa shape index (κ3) is 2.01. The van der Waals surface area contributed by atoms with Gasteiger partial charge in [-0.15, -0.1) is 0 Å². The monoisotopic (exact) mass is 202 g/mol. The van der Waals surface area contributed by atoms with Crippen molar-refractivity contribution in [3.05, 3.63) is 30.6 Å². The van der Waals surface area contributed by atoms with Crippen LogP contribution in [0.4, 0.5) is 5.95 Å². The molecule has 5 nitrogen and oxygen atoms in total. The molecule has 0 saturated carbocycles. The molecule has 2 rings (SSSR count). The van der Waals surface area contributed by atoms with Gasteiger partial charge in [-0.1, -0.05) is 0 Å². The SMILES string of the molecule is COc1cc(-c2cccnc2)nc(N)n1. The fourth-order valence-electron chi connectivity index (χ4n) is 1.21. The van der Waals surface area contributed by atoms with Crippen LogP contribution in [0.5, 0.6) is 5.88 Å². The Morgan fingerprint density at radius 3 is 2.87 bits per heavy atom. The number of anilines is 1. The van der Waals surface area contributed by atoms with Crippen molar-refractivity contribution in [2.24, 2.45) is 0 Å². The summed E-state index contributed by atoms with van der Waals surface area (Å²) in [6, 6.07) is 5.45. The van der Waals surface area contributed by atoms with Crippen LogP contribution >= 0.6 is 0 Å². The molecule has 5 heteroatoms. The van der Waals surface area contributed by atoms with Crippen molar-refractivity contribution < 1.29 is 4.74 Å². The molecule has 0 amide bonds. The molecule has 0 fully saturated rings. The molecule has 2 heterocycles. The highest BCUT2D eigenvalue weighted by atomic mass is 16.5. The molecule has 0 unspecified atom stereocenters. The van der Waals surface area contributed by atoms with Gasteiger partial charge in [0, 0.05) is 24.0 Å². The Kier molecular flexibility index (Phi) is 2.45. The molecule has 0 spiro atoms. The number of hydrogen-bond acceptors (Lipinski definition) is 5. The lowest BCUT2D eigenvalue weighted by Crippen LogP contribution is -1.99. The maximum atomic E-state index is 5.55. The maximum Gasteiger partial charge on any atom is 0.223 e. The van der Waals surface area contributed by atoms with Crippen LogP contribution < -0.4 is 10.5 Å². The molecular formula is C10H10N4O. The topological polar surface area (TPSA) is 73.9 Å². The molecule has 15 heavy (non-hydrogen) atoms. The summed E-state index contributed by atoms with van der Waals surface area (Å²) in [5.74, 6) is 0.634. The first-order chi connectivity index (χ1) is 7.29. The largest absolute Gasteiger partial charge is 0.481 e. The molecule has 2 aromatic heterocycles. The summed E-state index contributed by atoms with van der Waals surface area (Å²) in [7, 11) is 1.54. The molecule has 0 aliphatic carbocycles. The Hall–Kier alpha value is -2.17. The van der Waals surface area contributed by atoms with Gasteiger partial charge in [0.05, 0.1) is 12.8 Å². The molecule has 76 valence electrons. The molecule has 2 aromatic rings. The normalized spacial score (nSPS) is 9.93. The van der Waals surface area contributed by atoms with Gasteiger partial charge >= 0.3 is 0 Å². The zero-order valence-electron chi connectivity index (χ0n) is 8.21. The Bertz CT molecular complexity index is 458. The van der Waals surface area contributed by atoms with Gasteiger partial charge < -0.3 is 10.5 Å². The number of nitrogens with two attached hydrogens (primary N) is 1. The Morgan fingerprint density at radius 2 is 2.20 bits per heavy atom. The molecule has 0 radical (unpaired) electrons. The second-order valence-electron chi connectivity index (χ2n) is 2.90. The molecular weight excluding hydrogens is 192 g/mol. The third-order valence-electron chi connectivity index (χ3n) is 1.89. The van der Waals surface area contributed by atoms with Gasteiger partial charge in [-0.2, -0.15) is 4.98 Å². The lowest BCUT2D eigenvalue weighted by Gasteiger charge is -2.03. The number of methoxy groups -OCH3 is 1. The van der Waals surface area contributed by atoms with E-state index in [1.54, 1.807) is 18.5 Å². The molecule has 2 N–H and O–H groups in total. The van der Waals surface area contributed by atoms with Crippen LogP contribution in [-0.2, 0) is 0 Å². The van der Waals surface area contributed by atoms with Crippen molar-refractivity contribution in [3.63, 3.8) is 0 Å². The standard InChI is InChI=1S/C10H10N4O/c1-15-9-5-8(13-10(11)14-9)7-3-2-4-12-6-7/h2-6H,1H3,(H2,11,13,14). The third-order valence-corrected chi connectivity index (χ3v) is 1.89. The minimum atomic E-state index is 0.188. The average molecular weight is 202 g/mol. The van der Waals surface area contributed by atoms with E-state index >= 15 is 0 Å². The first kappa shape index (κ1) is 9.39. The number of rotatable bonds is 2. The van der Waals surface area contributed by atoms with Crippen LogP contribution in [-0.4, -0.2) is 22.1 Å². The first-order valence-corrected chi connectivity index (χ1v) is 4.38. The van der Waals surface area contributed by atoms with Gasteiger partial charge in [0.2, 0.25) is 11.8 Å². The smallest absolute Gasteiger partial charge is 0.223 e. The van der Waals surface area contributed by atoms with E-state index in [9.17, 15) is 0 Å². The van der Waals surface area contributed by atoms with Gasteiger partial charge in [-0.25, -0.2) is 4.98 Å². The van der Waals surface area contributed by atoms with Gasteiger partial charge in [0.1, 0.15) is 0 Å². The summed E-state index contributed by atoms with van der Waals surface area (Å²) >= 11 is 0. The highest BCUT2D eigenvalue weighted by Crippen LogP contribution is 2.20. The van der Waals surface area contributed by atoms with E-state index in [1.807, 2.05) is 12.1 Å². The maximum absolute atomic E-state index is 5.55. The summed E-state index contributed by atoms with van der Waals surface area (Å²) in [6.45, 7) is 0. The van der Waals surface area contributed by atoms with Gasteiger partial charge in [-0.05, 0) is 12.1 Å². The number of ether oxygens (including phenoxy) is 1. The van der Waals surface area contributed by atoms with Crippen LogP contribution in [0.15, 0.2) is 30.6 Å². The lowest BCUT2D eigenvalue weighted by molar-refractivity contribution is 0.398. The van der Waals surface area contributed by atoms with Crippen molar-refractivity contribution in [2.75, 3.05) is 12.8 Å². The summed E-state index contributed by atoms with van der Waals surface area (Å²) in [6.07, 6.45) is 3.41. The zero-order chi connectivity index (χ0) is 10.7. The fraction of sp³-hybridized carbons (Fsp3) is 0.100. The van der Waals surface area contributed by atoms with Crippen LogP contribution in [0, 0.1) is 0 Å². The highest BCUT2D eigenvalue weighted by Gasteiger charge is 2.04. The average Bonchev–Trinajstić information content (AvgIpc) is 2.29. The van der Waals surface area contributed by atoms with Crippen LogP contribution in [0.2, 0.25) is 0 Å². The van der Waals surface area contributed by atoms with E-state index in [1.165, 1.54) is 7.11 Å². The summed E-state index contributed by atoms with van der Waals surface area (Å²) in [4.78, 5) is 12.0. The summed E-state index contributed by atoms with van der Waals surface area (Å²) in [5, 5.41) is 0. The van der Waals surface area contributed by atoms with E-state index in [2.05, 4.69) is 15.0 Å². The van der Waals surface area contributed by atoms with Crippen molar-refractivity contribution >= 4 is 5.95 Å². The van der Waals surface area contributed by atoms with E-state index in [0.29, 0.717) is 11.6 Å². The fourth-order valence-corrected chi connectivity index (χ4v) is 1.21. The van der Waals surface area contributed by atoms with Crippen molar-refractivity contribution in [1.82, 2.24) is 15.0 Å². The number of pyridine rings is 1. The minimum Gasteiger partial charge on any atom is -0.481 e. The van der Waals surface area contributed by atoms with Gasteiger partial charge in [0.15, 0.2) is 0 Å². The van der Waals surface area contributed by atoms with Crippen molar-refractivity contribution in [2.45, 2.75) is 0 Å². The van der Waals surface area contributed by atoms with E-state index in [0.717, 1.165) is 5.56 Å². The molecule has 0 aliphatic rings. The highest BCUT2D eigenvalue weighted by molar-refractivity contribution is 5.59. The number of nitrogen functional groups attached to an aromatic ring is 1.